The first-order valence-corrected chi connectivity index (χ1v) is 6.74. The standard InChI is InChI=1S/C14H23N3/c1-12(15)14-8-7-13(11-16-14)17-9-5-3-2-4-6-10-17/h7-8,11-12H,2-6,9-10,15H2,1H3/t12-/m0/s1. The van der Waals surface area contributed by atoms with Gasteiger partial charge >= 0.3 is 0 Å². The maximum atomic E-state index is 5.81. The summed E-state index contributed by atoms with van der Waals surface area (Å²) in [5, 5.41) is 0. The highest BCUT2D eigenvalue weighted by Gasteiger charge is 2.09. The van der Waals surface area contributed by atoms with Crippen LogP contribution in [0.2, 0.25) is 0 Å². The zero-order chi connectivity index (χ0) is 12.1. The maximum Gasteiger partial charge on any atom is 0.0569 e. The minimum atomic E-state index is 0.0244. The van der Waals surface area contributed by atoms with E-state index in [1.165, 1.54) is 50.9 Å². The third-order valence-corrected chi connectivity index (χ3v) is 3.46. The van der Waals surface area contributed by atoms with Crippen molar-refractivity contribution in [1.29, 1.82) is 0 Å². The summed E-state index contributed by atoms with van der Waals surface area (Å²) in [6.45, 7) is 4.30. The summed E-state index contributed by atoms with van der Waals surface area (Å²) in [6.07, 6.45) is 8.70. The molecule has 0 unspecified atom stereocenters. The predicted molar refractivity (Wildman–Crippen MR) is 72.1 cm³/mol. The molecule has 0 bridgehead atoms. The highest BCUT2D eigenvalue weighted by molar-refractivity contribution is 5.44. The Kier molecular flexibility index (Phi) is 4.37. The molecule has 0 saturated carbocycles. The van der Waals surface area contributed by atoms with Crippen LogP contribution in [0.3, 0.4) is 0 Å². The lowest BCUT2D eigenvalue weighted by Gasteiger charge is -2.26. The van der Waals surface area contributed by atoms with E-state index in [2.05, 4.69) is 22.0 Å². The Labute approximate surface area is 104 Å². The summed E-state index contributed by atoms with van der Waals surface area (Å²) in [4.78, 5) is 6.90. The van der Waals surface area contributed by atoms with Crippen LogP contribution in [0.4, 0.5) is 5.69 Å². The second-order valence-electron chi connectivity index (χ2n) is 4.98. The van der Waals surface area contributed by atoms with Crippen molar-refractivity contribution in [2.75, 3.05) is 18.0 Å². The molecule has 0 aromatic carbocycles. The molecule has 2 rings (SSSR count). The second kappa shape index (κ2) is 6.01. The molecule has 1 aromatic heterocycles. The van der Waals surface area contributed by atoms with E-state index < -0.39 is 0 Å². The molecule has 3 heteroatoms. The number of aromatic nitrogens is 1. The van der Waals surface area contributed by atoms with E-state index in [1.807, 2.05) is 13.1 Å². The normalized spacial score (nSPS) is 19.5. The minimum Gasteiger partial charge on any atom is -0.370 e. The Morgan fingerprint density at radius 2 is 1.76 bits per heavy atom. The molecule has 94 valence electrons. The smallest absolute Gasteiger partial charge is 0.0569 e. The molecule has 17 heavy (non-hydrogen) atoms. The van der Waals surface area contributed by atoms with Crippen LogP contribution in [0.1, 0.15) is 50.8 Å². The van der Waals surface area contributed by atoms with Gasteiger partial charge in [-0.1, -0.05) is 19.3 Å². The van der Waals surface area contributed by atoms with Gasteiger partial charge in [0, 0.05) is 19.1 Å². The van der Waals surface area contributed by atoms with Gasteiger partial charge in [0.25, 0.3) is 0 Å². The largest absolute Gasteiger partial charge is 0.370 e. The summed E-state index contributed by atoms with van der Waals surface area (Å²) >= 11 is 0. The van der Waals surface area contributed by atoms with E-state index in [0.29, 0.717) is 0 Å². The van der Waals surface area contributed by atoms with Gasteiger partial charge in [0.2, 0.25) is 0 Å². The molecule has 2 N–H and O–H groups in total. The molecule has 1 atom stereocenters. The summed E-state index contributed by atoms with van der Waals surface area (Å²) in [5.74, 6) is 0. The first kappa shape index (κ1) is 12.4. The van der Waals surface area contributed by atoms with Crippen LogP contribution >= 0.6 is 0 Å². The van der Waals surface area contributed by atoms with Crippen molar-refractivity contribution in [1.82, 2.24) is 4.98 Å². The van der Waals surface area contributed by atoms with Crippen molar-refractivity contribution < 1.29 is 0 Å². The van der Waals surface area contributed by atoms with E-state index in [0.717, 1.165) is 5.69 Å². The molecule has 3 nitrogen and oxygen atoms in total. The van der Waals surface area contributed by atoms with Gasteiger partial charge in [-0.2, -0.15) is 0 Å². The fourth-order valence-corrected chi connectivity index (χ4v) is 2.36. The Morgan fingerprint density at radius 1 is 1.12 bits per heavy atom. The van der Waals surface area contributed by atoms with Gasteiger partial charge in [-0.05, 0) is 31.9 Å². The molecule has 1 aromatic rings. The summed E-state index contributed by atoms with van der Waals surface area (Å²) in [7, 11) is 0. The average molecular weight is 233 g/mol. The molecule has 0 aliphatic carbocycles. The Hall–Kier alpha value is -1.09. The number of nitrogens with two attached hydrogens (primary N) is 1. The highest BCUT2D eigenvalue weighted by Crippen LogP contribution is 2.19. The summed E-state index contributed by atoms with van der Waals surface area (Å²) in [6, 6.07) is 4.24. The van der Waals surface area contributed by atoms with Crippen molar-refractivity contribution in [3.63, 3.8) is 0 Å². The van der Waals surface area contributed by atoms with E-state index in [4.69, 9.17) is 5.73 Å². The molecule has 0 spiro atoms. The van der Waals surface area contributed by atoms with Gasteiger partial charge in [0.05, 0.1) is 17.6 Å². The fourth-order valence-electron chi connectivity index (χ4n) is 2.36. The monoisotopic (exact) mass is 233 g/mol. The van der Waals surface area contributed by atoms with Gasteiger partial charge in [0.15, 0.2) is 0 Å². The quantitative estimate of drug-likeness (QED) is 0.854. The van der Waals surface area contributed by atoms with Gasteiger partial charge in [-0.3, -0.25) is 4.98 Å². The molecule has 1 saturated heterocycles. The molecular formula is C14H23N3. The molecular weight excluding hydrogens is 210 g/mol. The van der Waals surface area contributed by atoms with Crippen molar-refractivity contribution >= 4 is 5.69 Å². The van der Waals surface area contributed by atoms with E-state index in [1.54, 1.807) is 0 Å². The Bertz CT molecular complexity index is 324. The van der Waals surface area contributed by atoms with Gasteiger partial charge in [0.1, 0.15) is 0 Å². The van der Waals surface area contributed by atoms with E-state index >= 15 is 0 Å². The topological polar surface area (TPSA) is 42.1 Å². The lowest BCUT2D eigenvalue weighted by Crippen LogP contribution is -2.27. The highest BCUT2D eigenvalue weighted by atomic mass is 15.1. The number of hydrogen-bond donors (Lipinski definition) is 1. The van der Waals surface area contributed by atoms with E-state index in [9.17, 15) is 0 Å². The lowest BCUT2D eigenvalue weighted by atomic mass is 10.1. The molecule has 2 heterocycles. The third kappa shape index (κ3) is 3.43. The number of pyridine rings is 1. The molecule has 1 fully saturated rings. The Balaban J connectivity index is 2.04. The van der Waals surface area contributed by atoms with Crippen LogP contribution in [0.5, 0.6) is 0 Å². The number of hydrogen-bond acceptors (Lipinski definition) is 3. The number of anilines is 1. The van der Waals surface area contributed by atoms with Crippen molar-refractivity contribution in [3.8, 4) is 0 Å². The third-order valence-electron chi connectivity index (χ3n) is 3.46. The average Bonchev–Trinajstić information content (AvgIpc) is 2.29. The summed E-state index contributed by atoms with van der Waals surface area (Å²) in [5.41, 5.74) is 8.03. The zero-order valence-corrected chi connectivity index (χ0v) is 10.7. The van der Waals surface area contributed by atoms with Crippen molar-refractivity contribution in [3.05, 3.63) is 24.0 Å². The molecule has 1 aliphatic heterocycles. The molecule has 0 radical (unpaired) electrons. The van der Waals surface area contributed by atoms with E-state index in [-0.39, 0.29) is 6.04 Å². The van der Waals surface area contributed by atoms with Gasteiger partial charge < -0.3 is 10.6 Å². The van der Waals surface area contributed by atoms with Crippen LogP contribution in [-0.4, -0.2) is 18.1 Å². The van der Waals surface area contributed by atoms with Crippen LogP contribution in [-0.2, 0) is 0 Å². The lowest BCUT2D eigenvalue weighted by molar-refractivity contribution is 0.556. The van der Waals surface area contributed by atoms with Crippen LogP contribution in [0.25, 0.3) is 0 Å². The first-order valence-electron chi connectivity index (χ1n) is 6.74. The maximum absolute atomic E-state index is 5.81. The van der Waals surface area contributed by atoms with Gasteiger partial charge in [-0.25, -0.2) is 0 Å². The Morgan fingerprint density at radius 3 is 2.29 bits per heavy atom. The minimum absolute atomic E-state index is 0.0244. The van der Waals surface area contributed by atoms with Crippen LogP contribution < -0.4 is 10.6 Å². The van der Waals surface area contributed by atoms with Crippen LogP contribution in [0, 0.1) is 0 Å². The summed E-state index contributed by atoms with van der Waals surface area (Å²) < 4.78 is 0. The first-order chi connectivity index (χ1) is 8.27. The SMILES string of the molecule is C[C@H](N)c1ccc(N2CCCCCCC2)cn1. The second-order valence-corrected chi connectivity index (χ2v) is 4.98. The zero-order valence-electron chi connectivity index (χ0n) is 10.7. The van der Waals surface area contributed by atoms with Crippen LogP contribution in [0.15, 0.2) is 18.3 Å². The number of rotatable bonds is 2. The van der Waals surface area contributed by atoms with Crippen molar-refractivity contribution in [2.45, 2.75) is 45.1 Å². The molecule has 1 aliphatic rings. The predicted octanol–water partition coefficient (Wildman–Crippen LogP) is 2.87. The van der Waals surface area contributed by atoms with Crippen molar-refractivity contribution in [2.24, 2.45) is 5.73 Å². The van der Waals surface area contributed by atoms with Gasteiger partial charge in [-0.15, -0.1) is 0 Å². The molecule has 0 amide bonds. The fraction of sp³-hybridized carbons (Fsp3) is 0.643. The number of nitrogens with zero attached hydrogens (tertiary/aromatic N) is 2.